The molecule has 3 heterocycles. The van der Waals surface area contributed by atoms with Crippen LogP contribution in [0.2, 0.25) is 5.02 Å². The van der Waals surface area contributed by atoms with E-state index in [1.165, 1.54) is 24.5 Å². The minimum absolute atomic E-state index is 0.151. The van der Waals surface area contributed by atoms with Crippen LogP contribution in [0.5, 0.6) is 5.88 Å². The Hall–Kier alpha value is -4.45. The molecule has 3 aromatic heterocycles. The highest BCUT2D eigenvalue weighted by Crippen LogP contribution is 2.45. The van der Waals surface area contributed by atoms with E-state index >= 15 is 0 Å². The van der Waals surface area contributed by atoms with Gasteiger partial charge in [-0.05, 0) is 41.3 Å². The number of fused-ring (bicyclic) bond motifs is 2. The molecular weight excluding hydrogens is 603 g/mol. The Balaban J connectivity index is 1.38. The second-order valence-corrected chi connectivity index (χ2v) is 11.1. The van der Waals surface area contributed by atoms with Gasteiger partial charge in [-0.25, -0.2) is 9.97 Å². The molecule has 218 valence electrons. The van der Waals surface area contributed by atoms with Crippen molar-refractivity contribution in [1.29, 1.82) is 0 Å². The predicted octanol–water partition coefficient (Wildman–Crippen LogP) is 8.06. The first kappa shape index (κ1) is 28.7. The van der Waals surface area contributed by atoms with Crippen molar-refractivity contribution in [2.75, 3.05) is 0 Å². The van der Waals surface area contributed by atoms with Gasteiger partial charge in [-0.2, -0.15) is 13.2 Å². The van der Waals surface area contributed by atoms with Gasteiger partial charge in [0, 0.05) is 32.5 Å². The molecule has 43 heavy (non-hydrogen) atoms. The average Bonchev–Trinajstić information content (AvgIpc) is 3.61. The highest BCUT2D eigenvalue weighted by molar-refractivity contribution is 7.18. The molecule has 6 rings (SSSR count). The molecular formula is C31H21ClF3N3O4S. The minimum atomic E-state index is -4.81. The zero-order chi connectivity index (χ0) is 30.3. The van der Waals surface area contributed by atoms with Gasteiger partial charge in [0.1, 0.15) is 22.7 Å². The molecule has 3 aromatic carbocycles. The maximum atomic E-state index is 14.7. The Morgan fingerprint density at radius 2 is 1.81 bits per heavy atom. The van der Waals surface area contributed by atoms with Gasteiger partial charge in [0.05, 0.1) is 11.8 Å². The molecule has 0 aliphatic rings. The molecule has 0 saturated heterocycles. The molecule has 3 N–H and O–H groups in total. The quantitative estimate of drug-likeness (QED) is 0.176. The minimum Gasteiger partial charge on any atom is -0.480 e. The molecule has 0 aliphatic heterocycles. The highest BCUT2D eigenvalue weighted by Gasteiger charge is 2.45. The largest absolute Gasteiger partial charge is 0.480 e. The number of nitrogens with zero attached hydrogens (tertiary/aromatic N) is 2. The lowest BCUT2D eigenvalue weighted by atomic mass is 9.95. The van der Waals surface area contributed by atoms with E-state index in [2.05, 4.69) is 9.97 Å². The second-order valence-electron chi connectivity index (χ2n) is 9.77. The number of para-hydroxylation sites is 1. The van der Waals surface area contributed by atoms with Crippen molar-refractivity contribution >= 4 is 50.1 Å². The van der Waals surface area contributed by atoms with Crippen molar-refractivity contribution in [1.82, 2.24) is 9.97 Å². The number of carboxylic acids is 1. The maximum absolute atomic E-state index is 14.7. The Labute approximate surface area is 251 Å². The predicted molar refractivity (Wildman–Crippen MR) is 158 cm³/mol. The van der Waals surface area contributed by atoms with E-state index in [0.717, 1.165) is 28.8 Å². The summed E-state index contributed by atoms with van der Waals surface area (Å²) in [7, 11) is 0. The number of carbonyl (C=O) groups is 1. The summed E-state index contributed by atoms with van der Waals surface area (Å²) in [6.45, 7) is 0. The number of ether oxygens (including phenoxy) is 1. The van der Waals surface area contributed by atoms with Crippen molar-refractivity contribution in [2.45, 2.75) is 24.7 Å². The first-order chi connectivity index (χ1) is 20.6. The van der Waals surface area contributed by atoms with Crippen LogP contribution in [-0.4, -0.2) is 33.3 Å². The van der Waals surface area contributed by atoms with Crippen molar-refractivity contribution in [3.05, 3.63) is 101 Å². The van der Waals surface area contributed by atoms with Crippen molar-refractivity contribution in [3.63, 3.8) is 0 Å². The monoisotopic (exact) mass is 623 g/mol. The lowest BCUT2D eigenvalue weighted by Crippen LogP contribution is -2.32. The third-order valence-electron chi connectivity index (χ3n) is 6.95. The molecule has 2 atom stereocenters. The summed E-state index contributed by atoms with van der Waals surface area (Å²) in [5.74, 6) is -1.32. The summed E-state index contributed by atoms with van der Waals surface area (Å²) in [4.78, 5) is 19.5. The zero-order valence-electron chi connectivity index (χ0n) is 22.0. The lowest BCUT2D eigenvalue weighted by molar-refractivity contribution is -0.198. The number of hydrogen-bond donors (Lipinski definition) is 2. The smallest absolute Gasteiger partial charge is 0.429 e. The fraction of sp³-hybridized carbons (Fsp3) is 0.129. The molecule has 1 unspecified atom stereocenters. The van der Waals surface area contributed by atoms with E-state index < -0.39 is 24.3 Å². The molecule has 0 radical (unpaired) electrons. The van der Waals surface area contributed by atoms with Crippen molar-refractivity contribution < 1.29 is 32.2 Å². The maximum Gasteiger partial charge on any atom is 0.429 e. The summed E-state index contributed by atoms with van der Waals surface area (Å²) in [5, 5.41) is 11.7. The van der Waals surface area contributed by atoms with Gasteiger partial charge in [0.15, 0.2) is 0 Å². The van der Waals surface area contributed by atoms with Gasteiger partial charge < -0.3 is 20.0 Å². The molecule has 7 nitrogen and oxygen atoms in total. The summed E-state index contributed by atoms with van der Waals surface area (Å²) >= 11 is 7.40. The summed E-state index contributed by atoms with van der Waals surface area (Å²) in [5.41, 5.74) is 9.23. The number of carboxylic acid groups (broad SMARTS) is 1. The fourth-order valence-electron chi connectivity index (χ4n) is 4.87. The molecule has 0 spiro atoms. The fourth-order valence-corrected chi connectivity index (χ4v) is 6.01. The zero-order valence-corrected chi connectivity index (χ0v) is 23.6. The Morgan fingerprint density at radius 3 is 2.56 bits per heavy atom. The SMILES string of the molecule is NC(Cc1ccc(-c2csc3c(O[C@H](c4ccc(Cl)cc4-c4coc5ccccc45)C(F)(F)F)ncnc23)cc1)C(=O)O. The van der Waals surface area contributed by atoms with Crippen molar-refractivity contribution in [3.8, 4) is 28.1 Å². The molecule has 12 heteroatoms. The van der Waals surface area contributed by atoms with Crippen LogP contribution in [0.4, 0.5) is 13.2 Å². The average molecular weight is 624 g/mol. The molecule has 0 fully saturated rings. The van der Waals surface area contributed by atoms with Gasteiger partial charge in [-0.1, -0.05) is 60.1 Å². The number of thiophene rings is 1. The number of alkyl halides is 3. The Bertz CT molecular complexity index is 1960. The van der Waals surface area contributed by atoms with Crippen LogP contribution >= 0.6 is 22.9 Å². The number of furan rings is 1. The van der Waals surface area contributed by atoms with Crippen LogP contribution in [0.15, 0.2) is 89.1 Å². The molecule has 0 saturated carbocycles. The van der Waals surface area contributed by atoms with E-state index in [9.17, 15) is 18.0 Å². The third kappa shape index (κ3) is 5.66. The second kappa shape index (κ2) is 11.3. The van der Waals surface area contributed by atoms with E-state index in [0.29, 0.717) is 32.3 Å². The standard InChI is InChI=1S/C31H21ClF3N3O4S/c32-18-9-10-20(21(12-18)22-13-41-25-4-2-1-3-19(22)25)28(31(33,34)35)42-29-27-26(37-15-38-29)23(14-43-27)17-7-5-16(6-8-17)11-24(36)30(39)40/h1-10,12-15,24,28H,11,36H2,(H,39,40)/t24?,28-/m1/s1. The van der Waals surface area contributed by atoms with Crippen molar-refractivity contribution in [2.24, 2.45) is 5.73 Å². The number of aliphatic carboxylic acids is 1. The van der Waals surface area contributed by atoms with Gasteiger partial charge in [0.2, 0.25) is 12.0 Å². The molecule has 0 aliphatic carbocycles. The number of halogens is 4. The van der Waals surface area contributed by atoms with E-state index in [-0.39, 0.29) is 28.5 Å². The van der Waals surface area contributed by atoms with Crippen LogP contribution in [0.1, 0.15) is 17.2 Å². The highest BCUT2D eigenvalue weighted by atomic mass is 35.5. The summed E-state index contributed by atoms with van der Waals surface area (Å²) in [6.07, 6.45) is -4.47. The van der Waals surface area contributed by atoms with Crippen LogP contribution in [-0.2, 0) is 11.2 Å². The summed E-state index contributed by atoms with van der Waals surface area (Å²) < 4.78 is 55.8. The number of nitrogens with two attached hydrogens (primary N) is 1. The first-order valence-electron chi connectivity index (χ1n) is 12.9. The lowest BCUT2D eigenvalue weighted by Gasteiger charge is -2.24. The van der Waals surface area contributed by atoms with Crippen LogP contribution in [0, 0.1) is 0 Å². The molecule has 0 amide bonds. The number of benzene rings is 3. The summed E-state index contributed by atoms with van der Waals surface area (Å²) in [6, 6.07) is 17.2. The normalized spacial score (nSPS) is 13.3. The topological polar surface area (TPSA) is 111 Å². The van der Waals surface area contributed by atoms with E-state index in [1.54, 1.807) is 53.9 Å². The van der Waals surface area contributed by atoms with Gasteiger partial charge in [-0.3, -0.25) is 4.79 Å². The molecule has 0 bridgehead atoms. The number of hydrogen-bond acceptors (Lipinski definition) is 7. The number of rotatable bonds is 8. The van der Waals surface area contributed by atoms with Crippen LogP contribution < -0.4 is 10.5 Å². The van der Waals surface area contributed by atoms with Gasteiger partial charge >= 0.3 is 12.1 Å². The van der Waals surface area contributed by atoms with Gasteiger partial charge in [0.25, 0.3) is 0 Å². The Kier molecular flexibility index (Phi) is 7.55. The molecule has 6 aromatic rings. The van der Waals surface area contributed by atoms with Gasteiger partial charge in [-0.15, -0.1) is 11.3 Å². The first-order valence-corrected chi connectivity index (χ1v) is 14.1. The van der Waals surface area contributed by atoms with E-state index in [4.69, 9.17) is 31.6 Å². The number of aromatic nitrogens is 2. The third-order valence-corrected chi connectivity index (χ3v) is 8.15. The van der Waals surface area contributed by atoms with Crippen LogP contribution in [0.25, 0.3) is 43.4 Å². The van der Waals surface area contributed by atoms with Crippen LogP contribution in [0.3, 0.4) is 0 Å². The van der Waals surface area contributed by atoms with E-state index in [1.807, 2.05) is 0 Å². The Morgan fingerprint density at radius 1 is 1.05 bits per heavy atom.